The zero-order chi connectivity index (χ0) is 18.8. The molecule has 0 bridgehead atoms. The molecule has 1 heterocycles. The van der Waals surface area contributed by atoms with Crippen LogP contribution in [-0.2, 0) is 17.3 Å². The highest BCUT2D eigenvalue weighted by molar-refractivity contribution is 6.33. The Kier molecular flexibility index (Phi) is 5.57. The molecule has 0 saturated heterocycles. The van der Waals surface area contributed by atoms with Gasteiger partial charge in [-0.25, -0.2) is 4.79 Å². The number of aromatic nitrogens is 1. The number of halogens is 4. The summed E-state index contributed by atoms with van der Waals surface area (Å²) in [5, 5.41) is -0.0524. The fourth-order valence-electron chi connectivity index (χ4n) is 2.36. The average Bonchev–Trinajstić information content (AvgIpc) is 2.54. The molecule has 2 rings (SSSR count). The quantitative estimate of drug-likeness (QED) is 0.753. The SMILES string of the molecule is CCOC(=O)c1c(Cl)cc(CC)n(-c2ccc(C(F)(F)F)cc2)c1=O. The summed E-state index contributed by atoms with van der Waals surface area (Å²) in [6.07, 6.45) is -4.09. The van der Waals surface area contributed by atoms with Gasteiger partial charge in [0.25, 0.3) is 5.56 Å². The first kappa shape index (κ1) is 19.1. The van der Waals surface area contributed by atoms with E-state index in [-0.39, 0.29) is 22.9 Å². The number of carbonyl (C=O) groups is 1. The minimum atomic E-state index is -4.48. The van der Waals surface area contributed by atoms with Gasteiger partial charge in [-0.2, -0.15) is 13.2 Å². The highest BCUT2D eigenvalue weighted by atomic mass is 35.5. The monoisotopic (exact) mass is 373 g/mol. The van der Waals surface area contributed by atoms with Crippen molar-refractivity contribution in [3.8, 4) is 5.69 Å². The van der Waals surface area contributed by atoms with Crippen LogP contribution in [0.15, 0.2) is 35.1 Å². The van der Waals surface area contributed by atoms with Crippen molar-refractivity contribution in [3.63, 3.8) is 0 Å². The number of alkyl halides is 3. The molecular weight excluding hydrogens is 359 g/mol. The Hall–Kier alpha value is -2.28. The lowest BCUT2D eigenvalue weighted by Gasteiger charge is -2.15. The Balaban J connectivity index is 2.66. The summed E-state index contributed by atoms with van der Waals surface area (Å²) in [5.41, 5.74) is -1.25. The van der Waals surface area contributed by atoms with E-state index >= 15 is 0 Å². The standard InChI is InChI=1S/C17H15ClF3NO3/c1-3-11-9-13(18)14(16(24)25-4-2)15(23)22(11)12-7-5-10(6-8-12)17(19,20)21/h5-9H,3-4H2,1-2H3. The second kappa shape index (κ2) is 7.31. The van der Waals surface area contributed by atoms with E-state index in [1.54, 1.807) is 13.8 Å². The van der Waals surface area contributed by atoms with Crippen molar-refractivity contribution in [1.82, 2.24) is 4.57 Å². The van der Waals surface area contributed by atoms with Crippen LogP contribution < -0.4 is 5.56 Å². The van der Waals surface area contributed by atoms with Crippen molar-refractivity contribution < 1.29 is 22.7 Å². The van der Waals surface area contributed by atoms with Gasteiger partial charge in [0, 0.05) is 11.4 Å². The third-order valence-corrected chi connectivity index (χ3v) is 3.83. The zero-order valence-electron chi connectivity index (χ0n) is 13.5. The van der Waals surface area contributed by atoms with Crippen LogP contribution in [0.3, 0.4) is 0 Å². The molecule has 0 spiro atoms. The van der Waals surface area contributed by atoms with Crippen LogP contribution in [0.2, 0.25) is 5.02 Å². The summed E-state index contributed by atoms with van der Waals surface area (Å²) in [6, 6.07) is 5.53. The summed E-state index contributed by atoms with van der Waals surface area (Å²) in [7, 11) is 0. The number of carbonyl (C=O) groups excluding carboxylic acids is 1. The van der Waals surface area contributed by atoms with E-state index in [0.717, 1.165) is 16.7 Å². The number of rotatable bonds is 4. The first-order chi connectivity index (χ1) is 11.7. The Morgan fingerprint density at radius 3 is 2.28 bits per heavy atom. The molecule has 0 aliphatic rings. The molecule has 1 aromatic carbocycles. The number of pyridine rings is 1. The summed E-state index contributed by atoms with van der Waals surface area (Å²) >= 11 is 6.03. The number of nitrogens with zero attached hydrogens (tertiary/aromatic N) is 1. The molecular formula is C17H15ClF3NO3. The molecule has 0 aliphatic carbocycles. The van der Waals surface area contributed by atoms with Gasteiger partial charge in [-0.15, -0.1) is 0 Å². The first-order valence-electron chi connectivity index (χ1n) is 7.49. The average molecular weight is 374 g/mol. The molecule has 0 radical (unpaired) electrons. The number of aryl methyl sites for hydroxylation is 1. The normalized spacial score (nSPS) is 11.4. The van der Waals surface area contributed by atoms with Crippen LogP contribution in [0.25, 0.3) is 5.69 Å². The predicted molar refractivity (Wildman–Crippen MR) is 87.4 cm³/mol. The van der Waals surface area contributed by atoms with Crippen LogP contribution in [0.5, 0.6) is 0 Å². The minimum Gasteiger partial charge on any atom is -0.462 e. The van der Waals surface area contributed by atoms with Gasteiger partial charge in [-0.3, -0.25) is 9.36 Å². The molecule has 0 aliphatic heterocycles. The van der Waals surface area contributed by atoms with E-state index in [0.29, 0.717) is 12.1 Å². The topological polar surface area (TPSA) is 48.3 Å². The van der Waals surface area contributed by atoms with Crippen molar-refractivity contribution >= 4 is 17.6 Å². The molecule has 0 saturated carbocycles. The van der Waals surface area contributed by atoms with Gasteiger partial charge >= 0.3 is 12.1 Å². The molecule has 25 heavy (non-hydrogen) atoms. The maximum Gasteiger partial charge on any atom is 0.416 e. The van der Waals surface area contributed by atoms with E-state index in [9.17, 15) is 22.8 Å². The van der Waals surface area contributed by atoms with E-state index in [1.165, 1.54) is 18.2 Å². The summed E-state index contributed by atoms with van der Waals surface area (Å²) < 4.78 is 44.1. The van der Waals surface area contributed by atoms with Gasteiger partial charge in [-0.1, -0.05) is 18.5 Å². The molecule has 1 aromatic heterocycles. The number of hydrogen-bond donors (Lipinski definition) is 0. The lowest BCUT2D eigenvalue weighted by molar-refractivity contribution is -0.137. The molecule has 0 fully saturated rings. The number of ether oxygens (including phenoxy) is 1. The second-order valence-corrected chi connectivity index (χ2v) is 5.53. The second-order valence-electron chi connectivity index (χ2n) is 5.12. The van der Waals surface area contributed by atoms with Crippen molar-refractivity contribution in [2.75, 3.05) is 6.61 Å². The summed E-state index contributed by atoms with van der Waals surface area (Å²) in [4.78, 5) is 24.7. The molecule has 8 heteroatoms. The molecule has 4 nitrogen and oxygen atoms in total. The molecule has 0 atom stereocenters. The number of esters is 1. The molecule has 134 valence electrons. The lowest BCUT2D eigenvalue weighted by Crippen LogP contribution is -2.29. The van der Waals surface area contributed by atoms with Crippen molar-refractivity contribution in [2.24, 2.45) is 0 Å². The highest BCUT2D eigenvalue weighted by Gasteiger charge is 2.30. The van der Waals surface area contributed by atoms with Gasteiger partial charge in [0.05, 0.1) is 17.2 Å². The fourth-order valence-corrected chi connectivity index (χ4v) is 2.64. The van der Waals surface area contributed by atoms with Crippen LogP contribution in [0.4, 0.5) is 13.2 Å². The lowest BCUT2D eigenvalue weighted by atomic mass is 10.1. The molecule has 0 amide bonds. The molecule has 0 N–H and O–H groups in total. The van der Waals surface area contributed by atoms with Crippen molar-refractivity contribution in [1.29, 1.82) is 0 Å². The largest absolute Gasteiger partial charge is 0.462 e. The number of benzene rings is 1. The Morgan fingerprint density at radius 1 is 1.20 bits per heavy atom. The van der Waals surface area contributed by atoms with Gasteiger partial charge in [0.1, 0.15) is 5.56 Å². The van der Waals surface area contributed by atoms with Gasteiger partial charge in [0.2, 0.25) is 0 Å². The van der Waals surface area contributed by atoms with Crippen LogP contribution in [-0.4, -0.2) is 17.1 Å². The van der Waals surface area contributed by atoms with E-state index in [2.05, 4.69) is 0 Å². The zero-order valence-corrected chi connectivity index (χ0v) is 14.2. The summed E-state index contributed by atoms with van der Waals surface area (Å²) in [5.74, 6) is -0.874. The van der Waals surface area contributed by atoms with E-state index in [1.807, 2.05) is 0 Å². The smallest absolute Gasteiger partial charge is 0.416 e. The third kappa shape index (κ3) is 3.87. The van der Waals surface area contributed by atoms with Crippen molar-refractivity contribution in [3.05, 3.63) is 62.5 Å². The van der Waals surface area contributed by atoms with E-state index in [4.69, 9.17) is 16.3 Å². The van der Waals surface area contributed by atoms with Gasteiger partial charge < -0.3 is 4.74 Å². The third-order valence-electron chi connectivity index (χ3n) is 3.53. The van der Waals surface area contributed by atoms with Crippen molar-refractivity contribution in [2.45, 2.75) is 26.4 Å². The van der Waals surface area contributed by atoms with Gasteiger partial charge in [-0.05, 0) is 43.7 Å². The van der Waals surface area contributed by atoms with E-state index < -0.39 is 23.3 Å². The highest BCUT2D eigenvalue weighted by Crippen LogP contribution is 2.30. The fraction of sp³-hybridized carbons (Fsp3) is 0.294. The first-order valence-corrected chi connectivity index (χ1v) is 7.87. The maximum absolute atomic E-state index is 12.7. The Bertz CT molecular complexity index is 842. The Labute approximate surface area is 146 Å². The molecule has 2 aromatic rings. The predicted octanol–water partition coefficient (Wildman–Crippen LogP) is 4.25. The Morgan fingerprint density at radius 2 is 1.80 bits per heavy atom. The maximum atomic E-state index is 12.7. The molecule has 0 unspecified atom stereocenters. The van der Waals surface area contributed by atoms with Crippen LogP contribution in [0.1, 0.15) is 35.5 Å². The minimum absolute atomic E-state index is 0.0524. The summed E-state index contributed by atoms with van der Waals surface area (Å²) in [6.45, 7) is 3.40. The van der Waals surface area contributed by atoms with Crippen LogP contribution >= 0.6 is 11.6 Å². The van der Waals surface area contributed by atoms with Crippen LogP contribution in [0, 0.1) is 0 Å². The van der Waals surface area contributed by atoms with Gasteiger partial charge in [0.15, 0.2) is 0 Å². The number of hydrogen-bond acceptors (Lipinski definition) is 3.